The van der Waals surface area contributed by atoms with Crippen molar-refractivity contribution >= 4 is 5.78 Å². The molecule has 0 spiro atoms. The van der Waals surface area contributed by atoms with Gasteiger partial charge in [0.2, 0.25) is 0 Å². The standard InChI is InChI=1S/C15H25NO/c17-15(11-5-2-1-3-6-11)12-9-13-7-4-8-14(10-12)16-13/h11-14,16H,1-10H2. The molecule has 2 unspecified atom stereocenters. The summed E-state index contributed by atoms with van der Waals surface area (Å²) in [5, 5.41) is 3.69. The van der Waals surface area contributed by atoms with Gasteiger partial charge < -0.3 is 5.32 Å². The molecular weight excluding hydrogens is 210 g/mol. The van der Waals surface area contributed by atoms with Gasteiger partial charge in [-0.15, -0.1) is 0 Å². The molecule has 96 valence electrons. The van der Waals surface area contributed by atoms with E-state index in [0.717, 1.165) is 12.8 Å². The molecule has 3 fully saturated rings. The monoisotopic (exact) mass is 235 g/mol. The van der Waals surface area contributed by atoms with Crippen LogP contribution in [0.4, 0.5) is 0 Å². The Bertz CT molecular complexity index is 271. The van der Waals surface area contributed by atoms with Gasteiger partial charge in [0.1, 0.15) is 5.78 Å². The zero-order chi connectivity index (χ0) is 11.7. The lowest BCUT2D eigenvalue weighted by Gasteiger charge is -2.41. The number of hydrogen-bond donors (Lipinski definition) is 1. The quantitative estimate of drug-likeness (QED) is 0.797. The fourth-order valence-electron chi connectivity index (χ4n) is 4.22. The lowest BCUT2D eigenvalue weighted by molar-refractivity contribution is -0.129. The number of Topliss-reactive ketones (excluding diaryl/α,β-unsaturated/α-hetero) is 1. The van der Waals surface area contributed by atoms with Crippen LogP contribution >= 0.6 is 0 Å². The summed E-state index contributed by atoms with van der Waals surface area (Å²) in [5.74, 6) is 1.45. The first-order valence-corrected chi connectivity index (χ1v) is 7.62. The SMILES string of the molecule is O=C(C1CCCCC1)C1CC2CCCC(C1)N2. The van der Waals surface area contributed by atoms with Gasteiger partial charge in [-0.1, -0.05) is 25.7 Å². The minimum Gasteiger partial charge on any atom is -0.311 e. The molecule has 0 aromatic heterocycles. The van der Waals surface area contributed by atoms with Crippen LogP contribution in [-0.4, -0.2) is 17.9 Å². The summed E-state index contributed by atoms with van der Waals surface area (Å²) in [4.78, 5) is 12.6. The first-order valence-electron chi connectivity index (χ1n) is 7.62. The molecule has 3 aliphatic rings. The van der Waals surface area contributed by atoms with E-state index in [2.05, 4.69) is 5.32 Å². The minimum absolute atomic E-state index is 0.398. The zero-order valence-electron chi connectivity index (χ0n) is 10.8. The Hall–Kier alpha value is -0.370. The van der Waals surface area contributed by atoms with E-state index in [4.69, 9.17) is 0 Å². The molecule has 0 amide bonds. The van der Waals surface area contributed by atoms with E-state index >= 15 is 0 Å². The smallest absolute Gasteiger partial charge is 0.139 e. The van der Waals surface area contributed by atoms with Crippen LogP contribution in [0.25, 0.3) is 0 Å². The normalized spacial score (nSPS) is 38.9. The van der Waals surface area contributed by atoms with Gasteiger partial charge in [-0.05, 0) is 38.5 Å². The lowest BCUT2D eigenvalue weighted by Crippen LogP contribution is -2.50. The topological polar surface area (TPSA) is 29.1 Å². The average molecular weight is 235 g/mol. The molecule has 2 heterocycles. The number of carbonyl (C=O) groups excluding carboxylic acids is 1. The Kier molecular flexibility index (Phi) is 3.51. The zero-order valence-corrected chi connectivity index (χ0v) is 10.8. The molecule has 2 atom stereocenters. The largest absolute Gasteiger partial charge is 0.311 e. The highest BCUT2D eigenvalue weighted by molar-refractivity contribution is 5.83. The fraction of sp³-hybridized carbons (Fsp3) is 0.933. The predicted octanol–water partition coefficient (Wildman–Crippen LogP) is 3.06. The highest BCUT2D eigenvalue weighted by Gasteiger charge is 2.37. The molecule has 0 aromatic carbocycles. The molecule has 3 rings (SSSR count). The number of nitrogens with one attached hydrogen (secondary N) is 1. The van der Waals surface area contributed by atoms with Gasteiger partial charge in [-0.3, -0.25) is 4.79 Å². The Balaban J connectivity index is 1.61. The van der Waals surface area contributed by atoms with Gasteiger partial charge in [-0.25, -0.2) is 0 Å². The van der Waals surface area contributed by atoms with Crippen LogP contribution < -0.4 is 5.32 Å². The van der Waals surface area contributed by atoms with Gasteiger partial charge in [0.05, 0.1) is 0 Å². The van der Waals surface area contributed by atoms with E-state index in [-0.39, 0.29) is 0 Å². The molecule has 17 heavy (non-hydrogen) atoms. The molecule has 2 heteroatoms. The van der Waals surface area contributed by atoms with Gasteiger partial charge in [0.15, 0.2) is 0 Å². The van der Waals surface area contributed by atoms with Crippen molar-refractivity contribution in [2.75, 3.05) is 0 Å². The Labute approximate surface area is 105 Å². The van der Waals surface area contributed by atoms with Crippen LogP contribution in [0.2, 0.25) is 0 Å². The first kappa shape index (κ1) is 11.7. The Morgan fingerprint density at radius 1 is 0.765 bits per heavy atom. The van der Waals surface area contributed by atoms with Crippen LogP contribution in [0.1, 0.15) is 64.2 Å². The summed E-state index contributed by atoms with van der Waals surface area (Å²) in [6.07, 6.45) is 12.5. The van der Waals surface area contributed by atoms with E-state index in [0.29, 0.717) is 29.7 Å². The summed E-state index contributed by atoms with van der Waals surface area (Å²) >= 11 is 0. The summed E-state index contributed by atoms with van der Waals surface area (Å²) in [7, 11) is 0. The van der Waals surface area contributed by atoms with Crippen molar-refractivity contribution in [1.82, 2.24) is 5.32 Å². The van der Waals surface area contributed by atoms with Crippen molar-refractivity contribution in [3.63, 3.8) is 0 Å². The van der Waals surface area contributed by atoms with Crippen molar-refractivity contribution in [3.8, 4) is 0 Å². The van der Waals surface area contributed by atoms with E-state index in [1.54, 1.807) is 0 Å². The van der Waals surface area contributed by atoms with Gasteiger partial charge >= 0.3 is 0 Å². The lowest BCUT2D eigenvalue weighted by atomic mass is 9.73. The van der Waals surface area contributed by atoms with Crippen molar-refractivity contribution in [2.24, 2.45) is 11.8 Å². The predicted molar refractivity (Wildman–Crippen MR) is 68.9 cm³/mol. The van der Waals surface area contributed by atoms with Gasteiger partial charge in [-0.2, -0.15) is 0 Å². The van der Waals surface area contributed by atoms with Gasteiger partial charge in [0, 0.05) is 23.9 Å². The maximum absolute atomic E-state index is 12.6. The van der Waals surface area contributed by atoms with E-state index in [1.165, 1.54) is 51.4 Å². The third kappa shape index (κ3) is 2.57. The van der Waals surface area contributed by atoms with Gasteiger partial charge in [0.25, 0.3) is 0 Å². The summed E-state index contributed by atoms with van der Waals surface area (Å²) in [6, 6.07) is 1.31. The summed E-state index contributed by atoms with van der Waals surface area (Å²) in [6.45, 7) is 0. The maximum Gasteiger partial charge on any atom is 0.139 e. The average Bonchev–Trinajstić information content (AvgIpc) is 2.38. The molecule has 0 radical (unpaired) electrons. The van der Waals surface area contributed by atoms with E-state index < -0.39 is 0 Å². The third-order valence-electron chi connectivity index (χ3n) is 5.12. The fourth-order valence-corrected chi connectivity index (χ4v) is 4.22. The summed E-state index contributed by atoms with van der Waals surface area (Å²) < 4.78 is 0. The second-order valence-electron chi connectivity index (χ2n) is 6.40. The van der Waals surface area contributed by atoms with Crippen LogP contribution in [0.15, 0.2) is 0 Å². The maximum atomic E-state index is 12.6. The Morgan fingerprint density at radius 3 is 2.06 bits per heavy atom. The van der Waals surface area contributed by atoms with Crippen molar-refractivity contribution in [2.45, 2.75) is 76.3 Å². The summed E-state index contributed by atoms with van der Waals surface area (Å²) in [5.41, 5.74) is 0. The number of hydrogen-bond acceptors (Lipinski definition) is 2. The number of piperidine rings is 2. The molecule has 2 bridgehead atoms. The molecule has 1 N–H and O–H groups in total. The molecule has 2 saturated heterocycles. The highest BCUT2D eigenvalue weighted by atomic mass is 16.1. The van der Waals surface area contributed by atoms with Crippen molar-refractivity contribution in [1.29, 1.82) is 0 Å². The van der Waals surface area contributed by atoms with Crippen molar-refractivity contribution < 1.29 is 4.79 Å². The number of rotatable bonds is 2. The van der Waals surface area contributed by atoms with Crippen LogP contribution in [-0.2, 0) is 4.79 Å². The van der Waals surface area contributed by atoms with Crippen LogP contribution in [0.5, 0.6) is 0 Å². The molecular formula is C15H25NO. The Morgan fingerprint density at radius 2 is 1.41 bits per heavy atom. The number of fused-ring (bicyclic) bond motifs is 2. The number of carbonyl (C=O) groups is 1. The van der Waals surface area contributed by atoms with E-state index in [9.17, 15) is 4.79 Å². The highest BCUT2D eigenvalue weighted by Crippen LogP contribution is 2.34. The van der Waals surface area contributed by atoms with Crippen molar-refractivity contribution in [3.05, 3.63) is 0 Å². The molecule has 1 aliphatic carbocycles. The van der Waals surface area contributed by atoms with Crippen LogP contribution in [0, 0.1) is 11.8 Å². The second kappa shape index (κ2) is 5.09. The molecule has 2 nitrogen and oxygen atoms in total. The molecule has 1 saturated carbocycles. The second-order valence-corrected chi connectivity index (χ2v) is 6.40. The number of ketones is 1. The first-order chi connectivity index (χ1) is 8.33. The van der Waals surface area contributed by atoms with Crippen LogP contribution in [0.3, 0.4) is 0 Å². The minimum atomic E-state index is 0.398. The molecule has 0 aromatic rings. The van der Waals surface area contributed by atoms with E-state index in [1.807, 2.05) is 0 Å². The third-order valence-corrected chi connectivity index (χ3v) is 5.12. The molecule has 2 aliphatic heterocycles.